The van der Waals surface area contributed by atoms with Crippen LogP contribution in [-0.2, 0) is 11.3 Å². The van der Waals surface area contributed by atoms with Crippen molar-refractivity contribution in [1.82, 2.24) is 9.88 Å². The number of nitrogens with zero attached hydrogens (tertiary/aromatic N) is 1. The Bertz CT molecular complexity index is 344. The van der Waals surface area contributed by atoms with Gasteiger partial charge in [-0.25, -0.2) is 0 Å². The molecule has 3 nitrogen and oxygen atoms in total. The molecule has 0 unspecified atom stereocenters. The lowest BCUT2D eigenvalue weighted by molar-refractivity contribution is 0.199. The minimum atomic E-state index is 0.586. The molecule has 0 radical (unpaired) electrons. The molecule has 0 aliphatic rings. The fraction of sp³-hybridized carbons (Fsp3) is 0.714. The second kappa shape index (κ2) is 6.82. The molecular weight excluding hydrogens is 212 g/mol. The number of aryl methyl sites for hydroxylation is 1. The van der Waals surface area contributed by atoms with E-state index < -0.39 is 0 Å². The van der Waals surface area contributed by atoms with E-state index in [0.29, 0.717) is 6.04 Å². The van der Waals surface area contributed by atoms with Gasteiger partial charge in [0.05, 0.1) is 6.61 Å². The predicted octanol–water partition coefficient (Wildman–Crippen LogP) is 2.81. The predicted molar refractivity (Wildman–Crippen MR) is 72.5 cm³/mol. The molecule has 1 N–H and O–H groups in total. The minimum absolute atomic E-state index is 0.586. The molecule has 0 amide bonds. The average molecular weight is 238 g/mol. The number of ether oxygens (including phenoxy) is 1. The highest BCUT2D eigenvalue weighted by molar-refractivity contribution is 5.27. The molecule has 0 spiro atoms. The number of rotatable bonds is 7. The molecule has 0 fully saturated rings. The van der Waals surface area contributed by atoms with E-state index in [2.05, 4.69) is 43.6 Å². The molecule has 1 rings (SSSR count). The minimum Gasteiger partial charge on any atom is -0.383 e. The molecular formula is C14H26N2O. The molecule has 0 aromatic carbocycles. The summed E-state index contributed by atoms with van der Waals surface area (Å²) in [7, 11) is 1.73. The Morgan fingerprint density at radius 2 is 2.12 bits per heavy atom. The van der Waals surface area contributed by atoms with Crippen molar-refractivity contribution in [2.45, 2.75) is 46.7 Å². The van der Waals surface area contributed by atoms with E-state index in [1.54, 1.807) is 7.11 Å². The zero-order valence-electron chi connectivity index (χ0n) is 11.8. The first-order valence-electron chi connectivity index (χ1n) is 6.48. The van der Waals surface area contributed by atoms with Crippen LogP contribution < -0.4 is 5.32 Å². The van der Waals surface area contributed by atoms with Crippen molar-refractivity contribution in [3.05, 3.63) is 23.0 Å². The SMILES string of the molecule is CC[C@H](C)n1c(C)cc(CNCCOC)c1C. The summed E-state index contributed by atoms with van der Waals surface area (Å²) in [6.45, 7) is 11.5. The molecule has 3 heteroatoms. The number of hydrogen-bond donors (Lipinski definition) is 1. The summed E-state index contributed by atoms with van der Waals surface area (Å²) in [4.78, 5) is 0. The van der Waals surface area contributed by atoms with Gasteiger partial charge in [-0.1, -0.05) is 6.92 Å². The topological polar surface area (TPSA) is 26.2 Å². The quantitative estimate of drug-likeness (QED) is 0.739. The third-order valence-electron chi connectivity index (χ3n) is 3.42. The largest absolute Gasteiger partial charge is 0.383 e. The molecule has 98 valence electrons. The van der Waals surface area contributed by atoms with E-state index in [-0.39, 0.29) is 0 Å². The number of aromatic nitrogens is 1. The van der Waals surface area contributed by atoms with Crippen molar-refractivity contribution in [3.8, 4) is 0 Å². The smallest absolute Gasteiger partial charge is 0.0587 e. The van der Waals surface area contributed by atoms with Gasteiger partial charge in [-0.3, -0.25) is 0 Å². The normalized spacial score (nSPS) is 13.0. The van der Waals surface area contributed by atoms with Gasteiger partial charge in [0.2, 0.25) is 0 Å². The molecule has 0 aliphatic heterocycles. The maximum atomic E-state index is 5.03. The fourth-order valence-electron chi connectivity index (χ4n) is 2.28. The van der Waals surface area contributed by atoms with Gasteiger partial charge in [0.25, 0.3) is 0 Å². The Labute approximate surface area is 105 Å². The van der Waals surface area contributed by atoms with Crippen LogP contribution in [0.15, 0.2) is 6.07 Å². The molecule has 1 aromatic rings. The van der Waals surface area contributed by atoms with Gasteiger partial charge in [0.15, 0.2) is 0 Å². The van der Waals surface area contributed by atoms with Crippen molar-refractivity contribution in [2.75, 3.05) is 20.3 Å². The van der Waals surface area contributed by atoms with Gasteiger partial charge in [-0.15, -0.1) is 0 Å². The number of hydrogen-bond acceptors (Lipinski definition) is 2. The third-order valence-corrected chi connectivity index (χ3v) is 3.42. The lowest BCUT2D eigenvalue weighted by Crippen LogP contribution is -2.19. The Kier molecular flexibility index (Phi) is 5.72. The van der Waals surface area contributed by atoms with Crippen LogP contribution in [0.5, 0.6) is 0 Å². The summed E-state index contributed by atoms with van der Waals surface area (Å²) < 4.78 is 7.46. The number of methoxy groups -OCH3 is 1. The molecule has 0 aliphatic carbocycles. The van der Waals surface area contributed by atoms with Crippen LogP contribution in [0.3, 0.4) is 0 Å². The van der Waals surface area contributed by atoms with Gasteiger partial charge >= 0.3 is 0 Å². The van der Waals surface area contributed by atoms with Gasteiger partial charge in [0.1, 0.15) is 0 Å². The number of nitrogens with one attached hydrogen (secondary N) is 1. The van der Waals surface area contributed by atoms with E-state index in [4.69, 9.17) is 4.74 Å². The zero-order valence-corrected chi connectivity index (χ0v) is 11.8. The Morgan fingerprint density at radius 1 is 1.41 bits per heavy atom. The summed E-state index contributed by atoms with van der Waals surface area (Å²) in [6.07, 6.45) is 1.17. The van der Waals surface area contributed by atoms with Crippen molar-refractivity contribution < 1.29 is 4.74 Å². The van der Waals surface area contributed by atoms with Crippen LogP contribution in [0, 0.1) is 13.8 Å². The second-order valence-corrected chi connectivity index (χ2v) is 4.69. The highest BCUT2D eigenvalue weighted by Gasteiger charge is 2.12. The van der Waals surface area contributed by atoms with Crippen LogP contribution in [0.25, 0.3) is 0 Å². The maximum Gasteiger partial charge on any atom is 0.0587 e. The Balaban J connectivity index is 2.68. The van der Waals surface area contributed by atoms with E-state index in [0.717, 1.165) is 19.7 Å². The summed E-state index contributed by atoms with van der Waals surface area (Å²) in [5.41, 5.74) is 4.15. The van der Waals surface area contributed by atoms with E-state index in [1.165, 1.54) is 23.4 Å². The Morgan fingerprint density at radius 3 is 2.71 bits per heavy atom. The van der Waals surface area contributed by atoms with Crippen LogP contribution in [-0.4, -0.2) is 24.8 Å². The van der Waals surface area contributed by atoms with E-state index in [9.17, 15) is 0 Å². The highest BCUT2D eigenvalue weighted by atomic mass is 16.5. The molecule has 0 saturated heterocycles. The monoisotopic (exact) mass is 238 g/mol. The summed E-state index contributed by atoms with van der Waals surface area (Å²) >= 11 is 0. The van der Waals surface area contributed by atoms with Crippen molar-refractivity contribution in [3.63, 3.8) is 0 Å². The molecule has 1 aromatic heterocycles. The summed E-state index contributed by atoms with van der Waals surface area (Å²) in [5, 5.41) is 3.40. The standard InChI is InChI=1S/C14H26N2O/c1-6-11(2)16-12(3)9-14(13(16)4)10-15-7-8-17-5/h9,11,15H,6-8,10H2,1-5H3/t11-/m0/s1. The lowest BCUT2D eigenvalue weighted by Gasteiger charge is -2.17. The van der Waals surface area contributed by atoms with Crippen LogP contribution in [0.2, 0.25) is 0 Å². The zero-order chi connectivity index (χ0) is 12.8. The second-order valence-electron chi connectivity index (χ2n) is 4.69. The third kappa shape index (κ3) is 3.58. The fourth-order valence-corrected chi connectivity index (χ4v) is 2.28. The Hall–Kier alpha value is -0.800. The molecule has 1 atom stereocenters. The van der Waals surface area contributed by atoms with Gasteiger partial charge < -0.3 is 14.6 Å². The van der Waals surface area contributed by atoms with E-state index >= 15 is 0 Å². The average Bonchev–Trinajstić information content (AvgIpc) is 2.59. The first-order chi connectivity index (χ1) is 8.11. The summed E-state index contributed by atoms with van der Waals surface area (Å²) in [5.74, 6) is 0. The highest BCUT2D eigenvalue weighted by Crippen LogP contribution is 2.21. The molecule has 0 saturated carbocycles. The van der Waals surface area contributed by atoms with E-state index in [1.807, 2.05) is 0 Å². The molecule has 0 bridgehead atoms. The first-order valence-corrected chi connectivity index (χ1v) is 6.48. The van der Waals surface area contributed by atoms with Crippen molar-refractivity contribution in [2.24, 2.45) is 0 Å². The van der Waals surface area contributed by atoms with Crippen molar-refractivity contribution in [1.29, 1.82) is 0 Å². The van der Waals surface area contributed by atoms with Crippen molar-refractivity contribution >= 4 is 0 Å². The molecule has 1 heterocycles. The maximum absolute atomic E-state index is 5.03. The molecule has 17 heavy (non-hydrogen) atoms. The van der Waals surface area contributed by atoms with Gasteiger partial charge in [0, 0.05) is 37.6 Å². The van der Waals surface area contributed by atoms with Crippen LogP contribution in [0.4, 0.5) is 0 Å². The van der Waals surface area contributed by atoms with Crippen LogP contribution in [0.1, 0.15) is 43.3 Å². The lowest BCUT2D eigenvalue weighted by atomic mass is 10.2. The van der Waals surface area contributed by atoms with Crippen LogP contribution >= 0.6 is 0 Å². The van der Waals surface area contributed by atoms with Gasteiger partial charge in [-0.2, -0.15) is 0 Å². The summed E-state index contributed by atoms with van der Waals surface area (Å²) in [6, 6.07) is 2.88. The first kappa shape index (κ1) is 14.3. The van der Waals surface area contributed by atoms with Gasteiger partial charge in [-0.05, 0) is 38.8 Å².